The molecule has 1 unspecified atom stereocenters. The van der Waals surface area contributed by atoms with Crippen LogP contribution in [0.3, 0.4) is 0 Å². The average molecular weight is 182 g/mol. The predicted octanol–water partition coefficient (Wildman–Crippen LogP) is 1.66. The molecule has 0 saturated carbocycles. The zero-order chi connectivity index (χ0) is 9.68. The third kappa shape index (κ3) is 2.22. The molecule has 0 saturated heterocycles. The van der Waals surface area contributed by atoms with Gasteiger partial charge in [0, 0.05) is 0 Å². The SMILES string of the molecule is O=NOC(c1ccccc1)[N+](=O)[O-]. The van der Waals surface area contributed by atoms with Crippen molar-refractivity contribution in [3.05, 3.63) is 50.9 Å². The van der Waals surface area contributed by atoms with Crippen LogP contribution < -0.4 is 0 Å². The summed E-state index contributed by atoms with van der Waals surface area (Å²) in [6.07, 6.45) is -1.52. The maximum atomic E-state index is 10.4. The number of nitro groups is 1. The summed E-state index contributed by atoms with van der Waals surface area (Å²) in [6, 6.07) is 7.89. The molecular weight excluding hydrogens is 176 g/mol. The Labute approximate surface area is 73.2 Å². The summed E-state index contributed by atoms with van der Waals surface area (Å²) >= 11 is 0. The molecular formula is C7H6N2O4. The van der Waals surface area contributed by atoms with Gasteiger partial charge in [-0.3, -0.25) is 15.0 Å². The van der Waals surface area contributed by atoms with E-state index in [0.717, 1.165) is 0 Å². The molecule has 0 fully saturated rings. The zero-order valence-electron chi connectivity index (χ0n) is 6.49. The molecule has 1 rings (SSSR count). The summed E-state index contributed by atoms with van der Waals surface area (Å²) in [5, 5.41) is 12.4. The maximum absolute atomic E-state index is 10.4. The molecule has 1 atom stereocenters. The van der Waals surface area contributed by atoms with Crippen LogP contribution in [0.15, 0.2) is 35.7 Å². The van der Waals surface area contributed by atoms with Crippen molar-refractivity contribution in [3.63, 3.8) is 0 Å². The van der Waals surface area contributed by atoms with Gasteiger partial charge in [0.15, 0.2) is 5.34 Å². The van der Waals surface area contributed by atoms with Crippen LogP contribution in [0.2, 0.25) is 0 Å². The van der Waals surface area contributed by atoms with Crippen molar-refractivity contribution in [1.82, 2.24) is 0 Å². The Balaban J connectivity index is 2.88. The average Bonchev–Trinajstić information content (AvgIpc) is 2.15. The fraction of sp³-hybridized carbons (Fsp3) is 0.143. The number of hydrogen-bond donors (Lipinski definition) is 0. The van der Waals surface area contributed by atoms with E-state index in [1.807, 2.05) is 5.34 Å². The van der Waals surface area contributed by atoms with E-state index < -0.39 is 11.2 Å². The maximum Gasteiger partial charge on any atom is 0.404 e. The van der Waals surface area contributed by atoms with Crippen molar-refractivity contribution in [2.45, 2.75) is 6.23 Å². The van der Waals surface area contributed by atoms with Crippen molar-refractivity contribution in [2.24, 2.45) is 5.34 Å². The standard InChI is InChI=1S/C7H6N2O4/c10-8-13-7(9(11)12)6-4-2-1-3-5-6/h1-5,7H. The molecule has 13 heavy (non-hydrogen) atoms. The van der Waals surface area contributed by atoms with Crippen molar-refractivity contribution >= 4 is 0 Å². The van der Waals surface area contributed by atoms with Crippen molar-refractivity contribution in [1.29, 1.82) is 0 Å². The van der Waals surface area contributed by atoms with Gasteiger partial charge < -0.3 is 0 Å². The lowest BCUT2D eigenvalue weighted by molar-refractivity contribution is -0.585. The Morgan fingerprint density at radius 3 is 2.46 bits per heavy atom. The van der Waals surface area contributed by atoms with E-state index in [2.05, 4.69) is 4.84 Å². The molecule has 1 aromatic carbocycles. The molecule has 0 bridgehead atoms. The molecule has 0 amide bonds. The second-order valence-electron chi connectivity index (χ2n) is 2.23. The highest BCUT2D eigenvalue weighted by Gasteiger charge is 2.24. The second kappa shape index (κ2) is 4.15. The Morgan fingerprint density at radius 1 is 1.38 bits per heavy atom. The van der Waals surface area contributed by atoms with E-state index in [4.69, 9.17) is 0 Å². The van der Waals surface area contributed by atoms with Crippen molar-refractivity contribution < 1.29 is 9.76 Å². The lowest BCUT2D eigenvalue weighted by Gasteiger charge is -2.03. The van der Waals surface area contributed by atoms with E-state index in [1.54, 1.807) is 18.2 Å². The number of rotatable bonds is 4. The molecule has 0 spiro atoms. The van der Waals surface area contributed by atoms with E-state index in [-0.39, 0.29) is 5.56 Å². The summed E-state index contributed by atoms with van der Waals surface area (Å²) < 4.78 is 0. The molecule has 6 nitrogen and oxygen atoms in total. The first-order chi connectivity index (χ1) is 6.25. The van der Waals surface area contributed by atoms with Gasteiger partial charge in [-0.25, -0.2) is 0 Å². The van der Waals surface area contributed by atoms with Crippen LogP contribution >= 0.6 is 0 Å². The molecule has 6 heteroatoms. The third-order valence-corrected chi connectivity index (χ3v) is 1.42. The van der Waals surface area contributed by atoms with Crippen LogP contribution in [0.1, 0.15) is 11.8 Å². The van der Waals surface area contributed by atoms with Gasteiger partial charge in [0.2, 0.25) is 0 Å². The van der Waals surface area contributed by atoms with Crippen LogP contribution in [0.25, 0.3) is 0 Å². The molecule has 0 heterocycles. The summed E-state index contributed by atoms with van der Waals surface area (Å²) in [5.74, 6) is 0. The van der Waals surface area contributed by atoms with Gasteiger partial charge in [0.05, 0.1) is 10.5 Å². The topological polar surface area (TPSA) is 81.8 Å². The number of nitrogens with zero attached hydrogens (tertiary/aromatic N) is 2. The van der Waals surface area contributed by atoms with E-state index in [9.17, 15) is 15.0 Å². The van der Waals surface area contributed by atoms with E-state index in [1.165, 1.54) is 12.1 Å². The first-order valence-corrected chi connectivity index (χ1v) is 3.42. The highest BCUT2D eigenvalue weighted by Crippen LogP contribution is 2.17. The van der Waals surface area contributed by atoms with Crippen molar-refractivity contribution in [2.75, 3.05) is 0 Å². The summed E-state index contributed by atoms with van der Waals surface area (Å²) in [6.45, 7) is 0. The summed E-state index contributed by atoms with van der Waals surface area (Å²) in [7, 11) is 0. The van der Waals surface area contributed by atoms with Gasteiger partial charge in [-0.2, -0.15) is 0 Å². The molecule has 1 aromatic rings. The van der Waals surface area contributed by atoms with Crippen LogP contribution in [0.5, 0.6) is 0 Å². The molecule has 0 radical (unpaired) electrons. The van der Waals surface area contributed by atoms with E-state index >= 15 is 0 Å². The summed E-state index contributed by atoms with van der Waals surface area (Å²) in [4.78, 5) is 23.4. The quantitative estimate of drug-likeness (QED) is 0.307. The monoisotopic (exact) mass is 182 g/mol. The molecule has 0 aliphatic carbocycles. The Morgan fingerprint density at radius 2 is 2.00 bits per heavy atom. The zero-order valence-corrected chi connectivity index (χ0v) is 6.49. The van der Waals surface area contributed by atoms with Gasteiger partial charge in [-0.1, -0.05) is 18.2 Å². The normalized spacial score (nSPS) is 11.7. The Hall–Kier alpha value is -1.98. The van der Waals surface area contributed by atoms with Gasteiger partial charge in [0.1, 0.15) is 0 Å². The lowest BCUT2D eigenvalue weighted by Crippen LogP contribution is -2.11. The molecule has 0 aliphatic rings. The molecule has 0 aromatic heterocycles. The molecule has 0 N–H and O–H groups in total. The van der Waals surface area contributed by atoms with Gasteiger partial charge in [-0.05, 0) is 12.1 Å². The van der Waals surface area contributed by atoms with Gasteiger partial charge in [-0.15, -0.1) is 4.91 Å². The van der Waals surface area contributed by atoms with Crippen LogP contribution in [0, 0.1) is 15.0 Å². The van der Waals surface area contributed by atoms with Gasteiger partial charge >= 0.3 is 6.23 Å². The Kier molecular flexibility index (Phi) is 2.91. The third-order valence-electron chi connectivity index (χ3n) is 1.42. The predicted molar refractivity (Wildman–Crippen MR) is 43.1 cm³/mol. The van der Waals surface area contributed by atoms with Crippen molar-refractivity contribution in [3.8, 4) is 0 Å². The van der Waals surface area contributed by atoms with Crippen LogP contribution in [0.4, 0.5) is 0 Å². The number of benzene rings is 1. The first-order valence-electron chi connectivity index (χ1n) is 3.42. The molecule has 0 aliphatic heterocycles. The van der Waals surface area contributed by atoms with Gasteiger partial charge in [0.25, 0.3) is 0 Å². The highest BCUT2D eigenvalue weighted by atomic mass is 16.8. The molecule has 68 valence electrons. The Bertz CT molecular complexity index is 301. The minimum absolute atomic E-state index is 0.284. The fourth-order valence-corrected chi connectivity index (χ4v) is 0.879. The largest absolute Gasteiger partial charge is 0.404 e. The minimum atomic E-state index is -1.52. The second-order valence-corrected chi connectivity index (χ2v) is 2.23. The number of hydrogen-bond acceptors (Lipinski definition) is 5. The first kappa shape index (κ1) is 9.11. The van der Waals surface area contributed by atoms with E-state index in [0.29, 0.717) is 0 Å². The summed E-state index contributed by atoms with van der Waals surface area (Å²) in [5.41, 5.74) is 0.284. The highest BCUT2D eigenvalue weighted by molar-refractivity contribution is 5.15. The fourth-order valence-electron chi connectivity index (χ4n) is 0.879. The smallest absolute Gasteiger partial charge is 0.284 e. The lowest BCUT2D eigenvalue weighted by atomic mass is 10.2. The van der Waals surface area contributed by atoms with Crippen LogP contribution in [-0.4, -0.2) is 4.92 Å². The van der Waals surface area contributed by atoms with Crippen LogP contribution in [-0.2, 0) is 4.84 Å². The minimum Gasteiger partial charge on any atom is -0.284 e.